The predicted octanol–water partition coefficient (Wildman–Crippen LogP) is 4.33. The molecular formula is C17H24N4OS2. The van der Waals surface area contributed by atoms with Gasteiger partial charge in [0, 0.05) is 18.8 Å². The number of carbonyl (C=O) groups is 1. The molecule has 1 amide bonds. The third-order valence-electron chi connectivity index (χ3n) is 3.45. The number of hydrogen-bond donors (Lipinski definition) is 1. The molecule has 24 heavy (non-hydrogen) atoms. The van der Waals surface area contributed by atoms with Gasteiger partial charge < -0.3 is 10.2 Å². The summed E-state index contributed by atoms with van der Waals surface area (Å²) in [5.74, 6) is 0.589. The maximum Gasteiger partial charge on any atom is 0.233 e. The molecule has 5 nitrogen and oxygen atoms in total. The zero-order chi connectivity index (χ0) is 17.4. The van der Waals surface area contributed by atoms with Crippen molar-refractivity contribution in [3.8, 4) is 0 Å². The number of anilines is 2. The fourth-order valence-corrected chi connectivity index (χ4v) is 3.93. The zero-order valence-electron chi connectivity index (χ0n) is 14.4. The fourth-order valence-electron chi connectivity index (χ4n) is 2.26. The first-order valence-electron chi connectivity index (χ1n) is 8.20. The highest BCUT2D eigenvalue weighted by Gasteiger charge is 2.14. The Bertz CT molecular complexity index is 654. The molecule has 0 aliphatic rings. The van der Waals surface area contributed by atoms with Gasteiger partial charge in [0.25, 0.3) is 0 Å². The Morgan fingerprint density at radius 2 is 1.92 bits per heavy atom. The SMILES string of the molecule is CCCN(CCC)C(=O)CSc1nnc(Nc2ccccc2C)s1. The minimum Gasteiger partial charge on any atom is -0.342 e. The van der Waals surface area contributed by atoms with Crippen LogP contribution in [0.4, 0.5) is 10.8 Å². The number of aryl methyl sites for hydroxylation is 1. The van der Waals surface area contributed by atoms with Gasteiger partial charge >= 0.3 is 0 Å². The summed E-state index contributed by atoms with van der Waals surface area (Å²) in [5.41, 5.74) is 2.19. The van der Waals surface area contributed by atoms with Crippen molar-refractivity contribution in [1.29, 1.82) is 0 Å². The van der Waals surface area contributed by atoms with Gasteiger partial charge in [0.15, 0.2) is 4.34 Å². The van der Waals surface area contributed by atoms with Gasteiger partial charge in [-0.1, -0.05) is 55.1 Å². The quantitative estimate of drug-likeness (QED) is 0.671. The Morgan fingerprint density at radius 3 is 2.58 bits per heavy atom. The highest BCUT2D eigenvalue weighted by Crippen LogP contribution is 2.28. The van der Waals surface area contributed by atoms with Gasteiger partial charge in [-0.3, -0.25) is 4.79 Å². The van der Waals surface area contributed by atoms with E-state index < -0.39 is 0 Å². The summed E-state index contributed by atoms with van der Waals surface area (Å²) in [7, 11) is 0. The van der Waals surface area contributed by atoms with E-state index in [0.717, 1.165) is 46.7 Å². The minimum atomic E-state index is 0.173. The van der Waals surface area contributed by atoms with Crippen LogP contribution >= 0.6 is 23.1 Å². The number of para-hydroxylation sites is 1. The van der Waals surface area contributed by atoms with E-state index in [1.165, 1.54) is 23.1 Å². The molecule has 0 atom stereocenters. The number of nitrogens with zero attached hydrogens (tertiary/aromatic N) is 3. The van der Waals surface area contributed by atoms with Gasteiger partial charge in [0.1, 0.15) is 0 Å². The molecular weight excluding hydrogens is 340 g/mol. The van der Waals surface area contributed by atoms with Gasteiger partial charge in [0.2, 0.25) is 11.0 Å². The summed E-state index contributed by atoms with van der Waals surface area (Å²) < 4.78 is 0.812. The molecule has 0 spiro atoms. The Balaban J connectivity index is 1.89. The molecule has 0 aliphatic carbocycles. The molecule has 0 aliphatic heterocycles. The first-order chi connectivity index (χ1) is 11.6. The van der Waals surface area contributed by atoms with Crippen LogP contribution in [0.5, 0.6) is 0 Å². The van der Waals surface area contributed by atoms with E-state index in [2.05, 4.69) is 29.4 Å². The van der Waals surface area contributed by atoms with E-state index in [9.17, 15) is 4.79 Å². The van der Waals surface area contributed by atoms with Gasteiger partial charge in [-0.2, -0.15) is 0 Å². The standard InChI is InChI=1S/C17H24N4OS2/c1-4-10-21(11-5-2)15(22)12-23-17-20-19-16(24-17)18-14-9-7-6-8-13(14)3/h6-9H,4-5,10-12H2,1-3H3,(H,18,19). The van der Waals surface area contributed by atoms with Crippen molar-refractivity contribution in [2.45, 2.75) is 38.0 Å². The maximum absolute atomic E-state index is 12.3. The number of carbonyl (C=O) groups excluding carboxylic acids is 1. The molecule has 0 fully saturated rings. The predicted molar refractivity (Wildman–Crippen MR) is 102 cm³/mol. The van der Waals surface area contributed by atoms with Crippen LogP contribution in [0.25, 0.3) is 0 Å². The summed E-state index contributed by atoms with van der Waals surface area (Å²) >= 11 is 2.93. The third-order valence-corrected chi connectivity index (χ3v) is 5.41. The monoisotopic (exact) mass is 364 g/mol. The second-order valence-corrected chi connectivity index (χ2v) is 7.68. The summed E-state index contributed by atoms with van der Waals surface area (Å²) in [4.78, 5) is 14.2. The van der Waals surface area contributed by atoms with Crippen LogP contribution in [-0.2, 0) is 4.79 Å². The normalized spacial score (nSPS) is 10.6. The second-order valence-electron chi connectivity index (χ2n) is 5.48. The average molecular weight is 365 g/mol. The van der Waals surface area contributed by atoms with Crippen LogP contribution in [0.2, 0.25) is 0 Å². The molecule has 0 bridgehead atoms. The lowest BCUT2D eigenvalue weighted by Crippen LogP contribution is -2.33. The minimum absolute atomic E-state index is 0.173. The van der Waals surface area contributed by atoms with Gasteiger partial charge in [-0.15, -0.1) is 10.2 Å². The molecule has 2 rings (SSSR count). The first kappa shape index (κ1) is 18.7. The number of thioether (sulfide) groups is 1. The molecule has 0 radical (unpaired) electrons. The van der Waals surface area contributed by atoms with E-state index in [-0.39, 0.29) is 5.91 Å². The topological polar surface area (TPSA) is 58.1 Å². The Morgan fingerprint density at radius 1 is 1.21 bits per heavy atom. The van der Waals surface area contributed by atoms with E-state index in [0.29, 0.717) is 5.75 Å². The van der Waals surface area contributed by atoms with Crippen molar-refractivity contribution in [2.24, 2.45) is 0 Å². The fraction of sp³-hybridized carbons (Fsp3) is 0.471. The maximum atomic E-state index is 12.3. The summed E-state index contributed by atoms with van der Waals surface area (Å²) in [6.07, 6.45) is 1.97. The lowest BCUT2D eigenvalue weighted by molar-refractivity contribution is -0.128. The van der Waals surface area contributed by atoms with Crippen molar-refractivity contribution in [1.82, 2.24) is 15.1 Å². The summed E-state index contributed by atoms with van der Waals surface area (Å²) in [6, 6.07) is 8.06. The second kappa shape index (κ2) is 9.64. The molecule has 7 heteroatoms. The number of hydrogen-bond acceptors (Lipinski definition) is 6. The molecule has 1 N–H and O–H groups in total. The van der Waals surface area contributed by atoms with Crippen molar-refractivity contribution in [3.05, 3.63) is 29.8 Å². The molecule has 130 valence electrons. The van der Waals surface area contributed by atoms with E-state index in [1.54, 1.807) is 0 Å². The number of rotatable bonds is 9. The van der Waals surface area contributed by atoms with Crippen molar-refractivity contribution >= 4 is 39.8 Å². The lowest BCUT2D eigenvalue weighted by Gasteiger charge is -2.20. The Labute approximate surface area is 151 Å². The van der Waals surface area contributed by atoms with Crippen LogP contribution in [0.3, 0.4) is 0 Å². The number of benzene rings is 1. The highest BCUT2D eigenvalue weighted by molar-refractivity contribution is 8.01. The number of nitrogens with one attached hydrogen (secondary N) is 1. The van der Waals surface area contributed by atoms with E-state index >= 15 is 0 Å². The van der Waals surface area contributed by atoms with Crippen molar-refractivity contribution in [3.63, 3.8) is 0 Å². The number of aromatic nitrogens is 2. The van der Waals surface area contributed by atoms with Crippen molar-refractivity contribution in [2.75, 3.05) is 24.2 Å². The zero-order valence-corrected chi connectivity index (χ0v) is 16.0. The molecule has 0 saturated carbocycles. The van der Waals surface area contributed by atoms with Crippen LogP contribution in [0.1, 0.15) is 32.3 Å². The van der Waals surface area contributed by atoms with Gasteiger partial charge in [-0.05, 0) is 31.4 Å². The Hall–Kier alpha value is -1.60. The molecule has 1 aromatic carbocycles. The van der Waals surface area contributed by atoms with Crippen LogP contribution in [-0.4, -0.2) is 39.8 Å². The van der Waals surface area contributed by atoms with Crippen LogP contribution in [0, 0.1) is 6.92 Å². The molecule has 0 saturated heterocycles. The highest BCUT2D eigenvalue weighted by atomic mass is 32.2. The lowest BCUT2D eigenvalue weighted by atomic mass is 10.2. The Kier molecular flexibility index (Phi) is 7.52. The summed E-state index contributed by atoms with van der Waals surface area (Å²) in [6.45, 7) is 7.88. The molecule has 0 unspecified atom stereocenters. The van der Waals surface area contributed by atoms with Crippen molar-refractivity contribution < 1.29 is 4.79 Å². The summed E-state index contributed by atoms with van der Waals surface area (Å²) in [5, 5.41) is 12.4. The number of amides is 1. The van der Waals surface area contributed by atoms with Gasteiger partial charge in [-0.25, -0.2) is 0 Å². The van der Waals surface area contributed by atoms with Crippen LogP contribution in [0.15, 0.2) is 28.6 Å². The average Bonchev–Trinajstić information content (AvgIpc) is 3.02. The van der Waals surface area contributed by atoms with E-state index in [4.69, 9.17) is 0 Å². The molecule has 1 heterocycles. The largest absolute Gasteiger partial charge is 0.342 e. The van der Waals surface area contributed by atoms with E-state index in [1.807, 2.05) is 36.1 Å². The molecule has 2 aromatic rings. The molecule has 1 aromatic heterocycles. The van der Waals surface area contributed by atoms with Gasteiger partial charge in [0.05, 0.1) is 5.75 Å². The smallest absolute Gasteiger partial charge is 0.233 e. The third kappa shape index (κ3) is 5.49. The van der Waals surface area contributed by atoms with Crippen LogP contribution < -0.4 is 5.32 Å². The first-order valence-corrected chi connectivity index (χ1v) is 10.0.